The van der Waals surface area contributed by atoms with Gasteiger partial charge in [0.25, 0.3) is 5.91 Å². The molecule has 3 aromatic rings. The maximum atomic E-state index is 12.8. The minimum absolute atomic E-state index is 0.131. The summed E-state index contributed by atoms with van der Waals surface area (Å²) < 4.78 is 18.4. The summed E-state index contributed by atoms with van der Waals surface area (Å²) in [6.07, 6.45) is 0. The molecule has 2 heterocycles. The molecule has 1 saturated heterocycles. The van der Waals surface area contributed by atoms with Gasteiger partial charge in [-0.1, -0.05) is 35.9 Å². The molecule has 30 heavy (non-hydrogen) atoms. The molecule has 2 aromatic carbocycles. The van der Waals surface area contributed by atoms with Crippen LogP contribution in [0.15, 0.2) is 70.0 Å². The van der Waals surface area contributed by atoms with Crippen molar-refractivity contribution in [3.8, 4) is 0 Å². The maximum Gasteiger partial charge on any atom is 0.289 e. The van der Waals surface area contributed by atoms with Crippen molar-refractivity contribution in [2.75, 3.05) is 31.1 Å². The Kier molecular flexibility index (Phi) is 6.25. The Morgan fingerprint density at radius 1 is 1.03 bits per heavy atom. The predicted octanol–water partition coefficient (Wildman–Crippen LogP) is 4.51. The number of furan rings is 1. The Bertz CT molecular complexity index is 1070. The van der Waals surface area contributed by atoms with Crippen LogP contribution in [0.25, 0.3) is 0 Å². The van der Waals surface area contributed by atoms with Gasteiger partial charge in [-0.2, -0.15) is 0 Å². The molecule has 1 fully saturated rings. The lowest BCUT2D eigenvalue weighted by molar-refractivity contribution is 0.0713. The van der Waals surface area contributed by atoms with Gasteiger partial charge in [-0.05, 0) is 48.9 Å². The minimum Gasteiger partial charge on any atom is -0.455 e. The second-order valence-electron chi connectivity index (χ2n) is 7.28. The van der Waals surface area contributed by atoms with Crippen LogP contribution in [0.2, 0.25) is 5.02 Å². The molecule has 1 atom stereocenters. The molecule has 0 saturated carbocycles. The molecule has 1 aliphatic rings. The number of halogens is 1. The highest BCUT2D eigenvalue weighted by molar-refractivity contribution is 7.84. The van der Waals surface area contributed by atoms with Crippen molar-refractivity contribution in [1.82, 2.24) is 4.90 Å². The van der Waals surface area contributed by atoms with Crippen LogP contribution in [-0.2, 0) is 16.6 Å². The molecule has 0 bridgehead atoms. The monoisotopic (exact) mass is 442 g/mol. The minimum atomic E-state index is -1.21. The van der Waals surface area contributed by atoms with Gasteiger partial charge in [0.1, 0.15) is 5.76 Å². The van der Waals surface area contributed by atoms with Gasteiger partial charge < -0.3 is 14.2 Å². The number of aryl methyl sites for hydroxylation is 1. The molecule has 7 heteroatoms. The fourth-order valence-electron chi connectivity index (χ4n) is 3.59. The molecular formula is C23H23ClN2O3S. The summed E-state index contributed by atoms with van der Waals surface area (Å²) in [7, 11) is -1.21. The van der Waals surface area contributed by atoms with E-state index < -0.39 is 10.8 Å². The smallest absolute Gasteiger partial charge is 0.289 e. The van der Waals surface area contributed by atoms with Gasteiger partial charge in [0, 0.05) is 41.8 Å². The summed E-state index contributed by atoms with van der Waals surface area (Å²) in [5, 5.41) is 0.706. The zero-order valence-corrected chi connectivity index (χ0v) is 18.3. The fraction of sp³-hybridized carbons (Fsp3) is 0.261. The van der Waals surface area contributed by atoms with Gasteiger partial charge in [0.15, 0.2) is 5.76 Å². The lowest BCUT2D eigenvalue weighted by atomic mass is 10.2. The van der Waals surface area contributed by atoms with Crippen LogP contribution in [0.3, 0.4) is 0 Å². The predicted molar refractivity (Wildman–Crippen MR) is 120 cm³/mol. The molecule has 5 nitrogen and oxygen atoms in total. The highest BCUT2D eigenvalue weighted by Crippen LogP contribution is 2.22. The van der Waals surface area contributed by atoms with Crippen molar-refractivity contribution in [1.29, 1.82) is 0 Å². The second-order valence-corrected chi connectivity index (χ2v) is 9.14. The SMILES string of the molecule is Cc1ccccc1[S@@](=O)Cc1ccc(C(=O)N2CCN(c3cccc(Cl)c3)CC2)o1. The Morgan fingerprint density at radius 3 is 2.53 bits per heavy atom. The molecule has 0 N–H and O–H groups in total. The van der Waals surface area contributed by atoms with E-state index in [1.165, 1.54) is 0 Å². The van der Waals surface area contributed by atoms with E-state index in [4.69, 9.17) is 16.0 Å². The normalized spacial score (nSPS) is 15.3. The largest absolute Gasteiger partial charge is 0.455 e. The number of anilines is 1. The first-order valence-corrected chi connectivity index (χ1v) is 11.5. The number of piperazine rings is 1. The van der Waals surface area contributed by atoms with Crippen LogP contribution >= 0.6 is 11.6 Å². The molecule has 0 unspecified atom stereocenters. The van der Waals surface area contributed by atoms with Gasteiger partial charge >= 0.3 is 0 Å². The third kappa shape index (κ3) is 4.60. The van der Waals surface area contributed by atoms with E-state index >= 15 is 0 Å². The molecule has 0 spiro atoms. The van der Waals surface area contributed by atoms with E-state index in [1.54, 1.807) is 17.0 Å². The molecule has 4 rings (SSSR count). The number of rotatable bonds is 5. The molecule has 1 amide bonds. The first-order valence-electron chi connectivity index (χ1n) is 9.84. The van der Waals surface area contributed by atoms with Crippen LogP contribution in [-0.4, -0.2) is 41.2 Å². The summed E-state index contributed by atoms with van der Waals surface area (Å²) in [4.78, 5) is 17.6. The zero-order chi connectivity index (χ0) is 21.1. The van der Waals surface area contributed by atoms with Crippen LogP contribution in [0.1, 0.15) is 21.9 Å². The third-order valence-electron chi connectivity index (χ3n) is 5.22. The number of carbonyl (C=O) groups excluding carboxylic acids is 1. The highest BCUT2D eigenvalue weighted by Gasteiger charge is 2.25. The summed E-state index contributed by atoms with van der Waals surface area (Å²) in [5.74, 6) is 0.967. The number of hydrogen-bond donors (Lipinski definition) is 0. The summed E-state index contributed by atoms with van der Waals surface area (Å²) in [6.45, 7) is 4.62. The van der Waals surface area contributed by atoms with Crippen molar-refractivity contribution in [3.05, 3.63) is 82.8 Å². The van der Waals surface area contributed by atoms with Gasteiger partial charge in [-0.25, -0.2) is 0 Å². The first-order chi connectivity index (χ1) is 14.5. The molecule has 156 valence electrons. The van der Waals surface area contributed by atoms with Gasteiger partial charge in [-0.15, -0.1) is 0 Å². The second kappa shape index (κ2) is 9.06. The van der Waals surface area contributed by atoms with Gasteiger partial charge in [-0.3, -0.25) is 9.00 Å². The first kappa shape index (κ1) is 20.7. The fourth-order valence-corrected chi connectivity index (χ4v) is 5.00. The number of nitrogens with zero attached hydrogens (tertiary/aromatic N) is 2. The average Bonchev–Trinajstić information content (AvgIpc) is 3.22. The van der Waals surface area contributed by atoms with Crippen molar-refractivity contribution in [2.45, 2.75) is 17.6 Å². The Hall–Kier alpha value is -2.57. The van der Waals surface area contributed by atoms with Crippen molar-refractivity contribution < 1.29 is 13.4 Å². The Morgan fingerprint density at radius 2 is 1.80 bits per heavy atom. The number of benzene rings is 2. The van der Waals surface area contributed by atoms with Crippen molar-refractivity contribution >= 4 is 34.0 Å². The Labute approximate surface area is 183 Å². The maximum absolute atomic E-state index is 12.8. The van der Waals surface area contributed by atoms with Gasteiger partial charge in [0.05, 0.1) is 16.6 Å². The topological polar surface area (TPSA) is 53.8 Å². The van der Waals surface area contributed by atoms with E-state index in [9.17, 15) is 9.00 Å². The summed E-state index contributed by atoms with van der Waals surface area (Å²) >= 11 is 6.08. The lowest BCUT2D eigenvalue weighted by Gasteiger charge is -2.35. The Balaban J connectivity index is 1.36. The van der Waals surface area contributed by atoms with Crippen LogP contribution < -0.4 is 4.90 Å². The number of carbonyl (C=O) groups is 1. The quantitative estimate of drug-likeness (QED) is 0.583. The standard InChI is InChI=1S/C23H23ClN2O3S/c1-17-5-2-3-8-22(17)30(28)16-20-9-10-21(29-20)23(27)26-13-11-25(12-14-26)19-7-4-6-18(24)15-19/h2-10,15H,11-14,16H2,1H3/t30-/m0/s1. The number of hydrogen-bond acceptors (Lipinski definition) is 4. The van der Waals surface area contributed by atoms with E-state index in [1.807, 2.05) is 55.5 Å². The average molecular weight is 443 g/mol. The van der Waals surface area contributed by atoms with E-state index in [2.05, 4.69) is 4.90 Å². The summed E-state index contributed by atoms with van der Waals surface area (Å²) in [5.41, 5.74) is 2.05. The number of amides is 1. The van der Waals surface area contributed by atoms with Crippen molar-refractivity contribution in [2.24, 2.45) is 0 Å². The van der Waals surface area contributed by atoms with E-state index in [-0.39, 0.29) is 11.7 Å². The van der Waals surface area contributed by atoms with Crippen LogP contribution in [0, 0.1) is 6.92 Å². The third-order valence-corrected chi connectivity index (χ3v) is 6.96. The van der Waals surface area contributed by atoms with Crippen LogP contribution in [0.5, 0.6) is 0 Å². The molecule has 0 radical (unpaired) electrons. The highest BCUT2D eigenvalue weighted by atomic mass is 35.5. The molecule has 0 aliphatic carbocycles. The molecule has 1 aliphatic heterocycles. The van der Waals surface area contributed by atoms with Gasteiger partial charge in [0.2, 0.25) is 0 Å². The van der Waals surface area contributed by atoms with E-state index in [0.717, 1.165) is 29.2 Å². The van der Waals surface area contributed by atoms with Crippen LogP contribution in [0.4, 0.5) is 5.69 Å². The molecule has 1 aromatic heterocycles. The van der Waals surface area contributed by atoms with E-state index in [0.29, 0.717) is 29.6 Å². The molecular weight excluding hydrogens is 420 g/mol. The lowest BCUT2D eigenvalue weighted by Crippen LogP contribution is -2.48. The summed E-state index contributed by atoms with van der Waals surface area (Å²) in [6, 6.07) is 18.8. The van der Waals surface area contributed by atoms with Crippen molar-refractivity contribution in [3.63, 3.8) is 0 Å². The zero-order valence-electron chi connectivity index (χ0n) is 16.7.